The van der Waals surface area contributed by atoms with E-state index in [1.807, 2.05) is 0 Å². The predicted molar refractivity (Wildman–Crippen MR) is 65.4 cm³/mol. The smallest absolute Gasteiger partial charge is 0.428 e. The fraction of sp³-hybridized carbons (Fsp3) is 0.300. The minimum absolute atomic E-state index is 0.0544. The van der Waals surface area contributed by atoms with E-state index in [2.05, 4.69) is 0 Å². The summed E-state index contributed by atoms with van der Waals surface area (Å²) in [5.74, 6) is 0.242. The van der Waals surface area contributed by atoms with Gasteiger partial charge in [-0.15, -0.1) is 23.2 Å². The molecule has 1 aromatic rings. The number of alkyl halides is 2. The number of rotatable bonds is 5. The van der Waals surface area contributed by atoms with Gasteiger partial charge in [0.2, 0.25) is 0 Å². The number of hydrogen-bond donors (Lipinski definition) is 0. The molecule has 0 aromatic heterocycles. The molecule has 0 amide bonds. The van der Waals surface area contributed by atoms with Crippen molar-refractivity contribution in [1.29, 1.82) is 0 Å². The van der Waals surface area contributed by atoms with Gasteiger partial charge in [0.1, 0.15) is 11.9 Å². The highest BCUT2D eigenvalue weighted by Crippen LogP contribution is 2.18. The van der Waals surface area contributed by atoms with Gasteiger partial charge in [-0.25, -0.2) is 4.79 Å². The van der Waals surface area contributed by atoms with Crippen LogP contribution in [0.3, 0.4) is 0 Å². The summed E-state index contributed by atoms with van der Waals surface area (Å²) in [7, 11) is 0. The molecule has 0 bridgehead atoms. The molecular weight excluding hydrogens is 285 g/mol. The van der Waals surface area contributed by atoms with Gasteiger partial charge in [-0.3, -0.25) is 10.1 Å². The number of ether oxygens (including phenoxy) is 2. The van der Waals surface area contributed by atoms with Crippen molar-refractivity contribution in [3.8, 4) is 5.75 Å². The van der Waals surface area contributed by atoms with E-state index in [0.29, 0.717) is 0 Å². The fourth-order valence-electron chi connectivity index (χ4n) is 0.996. The molecule has 0 radical (unpaired) electrons. The first-order valence-corrected chi connectivity index (χ1v) is 5.88. The molecule has 0 aliphatic carbocycles. The van der Waals surface area contributed by atoms with Crippen molar-refractivity contribution < 1.29 is 19.2 Å². The van der Waals surface area contributed by atoms with E-state index in [9.17, 15) is 14.9 Å². The second-order valence-corrected chi connectivity index (χ2v) is 3.77. The van der Waals surface area contributed by atoms with Crippen molar-refractivity contribution in [2.45, 2.75) is 6.10 Å². The maximum absolute atomic E-state index is 11.3. The zero-order chi connectivity index (χ0) is 13.5. The van der Waals surface area contributed by atoms with Gasteiger partial charge < -0.3 is 9.47 Å². The topological polar surface area (TPSA) is 78.7 Å². The van der Waals surface area contributed by atoms with Gasteiger partial charge in [0.25, 0.3) is 5.69 Å². The Labute approximate surface area is 113 Å². The van der Waals surface area contributed by atoms with Crippen LogP contribution in [0.1, 0.15) is 0 Å². The number of nitro groups is 1. The van der Waals surface area contributed by atoms with Gasteiger partial charge >= 0.3 is 6.16 Å². The van der Waals surface area contributed by atoms with Crippen LogP contribution >= 0.6 is 23.2 Å². The maximum Gasteiger partial charge on any atom is 0.514 e. The van der Waals surface area contributed by atoms with Crippen molar-refractivity contribution in [3.05, 3.63) is 34.4 Å². The quantitative estimate of drug-likeness (QED) is 0.274. The number of halogens is 2. The van der Waals surface area contributed by atoms with Gasteiger partial charge in [0.15, 0.2) is 0 Å². The van der Waals surface area contributed by atoms with E-state index in [-0.39, 0.29) is 23.2 Å². The number of non-ortho nitro benzene ring substituents is 1. The molecule has 1 rings (SSSR count). The van der Waals surface area contributed by atoms with Crippen molar-refractivity contribution in [1.82, 2.24) is 0 Å². The normalized spacial score (nSPS) is 10.2. The molecule has 1 aromatic carbocycles. The van der Waals surface area contributed by atoms with Crippen LogP contribution in [0.4, 0.5) is 10.5 Å². The van der Waals surface area contributed by atoms with Crippen LogP contribution in [0.15, 0.2) is 24.3 Å². The fourth-order valence-corrected chi connectivity index (χ4v) is 1.45. The Kier molecular flexibility index (Phi) is 5.67. The molecular formula is C10H9Cl2NO5. The molecule has 0 atom stereocenters. The monoisotopic (exact) mass is 293 g/mol. The largest absolute Gasteiger partial charge is 0.514 e. The van der Waals surface area contributed by atoms with Crippen LogP contribution in [0.2, 0.25) is 0 Å². The lowest BCUT2D eigenvalue weighted by Crippen LogP contribution is -2.23. The number of benzene rings is 1. The Morgan fingerprint density at radius 3 is 2.28 bits per heavy atom. The second-order valence-electron chi connectivity index (χ2n) is 3.15. The van der Waals surface area contributed by atoms with Gasteiger partial charge in [0.05, 0.1) is 16.7 Å². The van der Waals surface area contributed by atoms with Crippen LogP contribution in [0.5, 0.6) is 5.75 Å². The van der Waals surface area contributed by atoms with Crippen LogP contribution < -0.4 is 4.74 Å². The number of nitrogens with zero attached hydrogens (tertiary/aromatic N) is 1. The third kappa shape index (κ3) is 4.38. The zero-order valence-corrected chi connectivity index (χ0v) is 10.6. The zero-order valence-electron chi connectivity index (χ0n) is 9.05. The number of carbonyl (C=O) groups is 1. The van der Waals surface area contributed by atoms with Gasteiger partial charge in [-0.2, -0.15) is 0 Å². The van der Waals surface area contributed by atoms with Gasteiger partial charge in [-0.1, -0.05) is 0 Å². The SMILES string of the molecule is O=C(Oc1ccc([N+](=O)[O-])cc1)OC(CCl)CCl. The molecule has 0 fully saturated rings. The van der Waals surface area contributed by atoms with Gasteiger partial charge in [0, 0.05) is 12.1 Å². The van der Waals surface area contributed by atoms with E-state index in [1.54, 1.807) is 0 Å². The Morgan fingerprint density at radius 2 is 1.83 bits per heavy atom. The molecule has 6 nitrogen and oxygen atoms in total. The number of nitro benzene ring substituents is 1. The lowest BCUT2D eigenvalue weighted by molar-refractivity contribution is -0.384. The summed E-state index contributed by atoms with van der Waals surface area (Å²) >= 11 is 11.0. The molecule has 18 heavy (non-hydrogen) atoms. The van der Waals surface area contributed by atoms with Crippen LogP contribution in [0, 0.1) is 10.1 Å². The third-order valence-corrected chi connectivity index (χ3v) is 2.54. The number of hydrogen-bond acceptors (Lipinski definition) is 5. The lowest BCUT2D eigenvalue weighted by atomic mass is 10.3. The number of carbonyl (C=O) groups excluding carboxylic acids is 1. The minimum Gasteiger partial charge on any atom is -0.428 e. The first-order chi connectivity index (χ1) is 8.56. The molecule has 0 aliphatic heterocycles. The van der Waals surface area contributed by atoms with E-state index in [4.69, 9.17) is 32.7 Å². The molecule has 0 spiro atoms. The molecule has 8 heteroatoms. The Morgan fingerprint density at radius 1 is 1.28 bits per heavy atom. The average Bonchev–Trinajstić information content (AvgIpc) is 2.36. The summed E-state index contributed by atoms with van der Waals surface area (Å²) in [5.41, 5.74) is -0.102. The Hall–Kier alpha value is -1.53. The Balaban J connectivity index is 2.56. The lowest BCUT2D eigenvalue weighted by Gasteiger charge is -2.11. The summed E-state index contributed by atoms with van der Waals surface area (Å²) < 4.78 is 9.55. The molecule has 0 saturated heterocycles. The summed E-state index contributed by atoms with van der Waals surface area (Å²) in [6.45, 7) is 0. The van der Waals surface area contributed by atoms with Crippen molar-refractivity contribution in [3.63, 3.8) is 0 Å². The van der Waals surface area contributed by atoms with Crippen LogP contribution in [-0.4, -0.2) is 28.9 Å². The minimum atomic E-state index is -0.963. The van der Waals surface area contributed by atoms with E-state index in [1.165, 1.54) is 24.3 Å². The van der Waals surface area contributed by atoms with E-state index in [0.717, 1.165) is 0 Å². The standard InChI is InChI=1S/C10H9Cl2NO5/c11-5-9(6-12)18-10(14)17-8-3-1-7(2-4-8)13(15)16/h1-4,9H,5-6H2. The van der Waals surface area contributed by atoms with Crippen molar-refractivity contribution in [2.24, 2.45) is 0 Å². The average molecular weight is 294 g/mol. The predicted octanol–water partition coefficient (Wildman–Crippen LogP) is 2.96. The molecule has 98 valence electrons. The second kappa shape index (κ2) is 7.03. The van der Waals surface area contributed by atoms with Crippen LogP contribution in [-0.2, 0) is 4.74 Å². The molecule has 0 saturated carbocycles. The third-order valence-electron chi connectivity index (χ3n) is 1.86. The molecule has 0 N–H and O–H groups in total. The van der Waals surface area contributed by atoms with Crippen molar-refractivity contribution >= 4 is 35.0 Å². The summed E-state index contributed by atoms with van der Waals surface area (Å²) in [6.07, 6.45) is -1.60. The maximum atomic E-state index is 11.3. The highest BCUT2D eigenvalue weighted by Gasteiger charge is 2.14. The van der Waals surface area contributed by atoms with E-state index < -0.39 is 17.2 Å². The summed E-state index contributed by atoms with van der Waals surface area (Å²) in [5, 5.41) is 10.4. The molecule has 0 unspecified atom stereocenters. The first-order valence-electron chi connectivity index (χ1n) is 4.81. The highest BCUT2D eigenvalue weighted by atomic mass is 35.5. The Bertz CT molecular complexity index is 419. The summed E-state index contributed by atoms with van der Waals surface area (Å²) in [4.78, 5) is 21.1. The molecule has 0 heterocycles. The van der Waals surface area contributed by atoms with Crippen molar-refractivity contribution in [2.75, 3.05) is 11.8 Å². The van der Waals surface area contributed by atoms with E-state index >= 15 is 0 Å². The first kappa shape index (κ1) is 14.5. The van der Waals surface area contributed by atoms with Gasteiger partial charge in [-0.05, 0) is 12.1 Å². The molecule has 0 aliphatic rings. The van der Waals surface area contributed by atoms with Crippen LogP contribution in [0.25, 0.3) is 0 Å². The highest BCUT2D eigenvalue weighted by molar-refractivity contribution is 6.21. The summed E-state index contributed by atoms with van der Waals surface area (Å²) in [6, 6.07) is 5.00.